The van der Waals surface area contributed by atoms with Crippen LogP contribution >= 0.6 is 0 Å². The van der Waals surface area contributed by atoms with Gasteiger partial charge in [0, 0.05) is 28.4 Å². The van der Waals surface area contributed by atoms with Gasteiger partial charge in [0.1, 0.15) is 6.04 Å². The van der Waals surface area contributed by atoms with Crippen molar-refractivity contribution in [3.05, 3.63) is 96.2 Å². The van der Waals surface area contributed by atoms with E-state index in [2.05, 4.69) is 15.0 Å². The zero-order valence-electron chi connectivity index (χ0n) is 17.9. The highest BCUT2D eigenvalue weighted by Gasteiger charge is 2.27. The molecule has 0 aliphatic rings. The highest BCUT2D eigenvalue weighted by atomic mass is 32.2. The zero-order valence-corrected chi connectivity index (χ0v) is 18.7. The van der Waals surface area contributed by atoms with Gasteiger partial charge in [-0.3, -0.25) is 14.8 Å². The molecule has 1 heterocycles. The summed E-state index contributed by atoms with van der Waals surface area (Å²) in [5.41, 5.74) is 3.75. The molecule has 0 fully saturated rings. The molecule has 4 rings (SSSR count). The van der Waals surface area contributed by atoms with Crippen molar-refractivity contribution in [1.82, 2.24) is 15.2 Å². The molecule has 2 amide bonds. The smallest absolute Gasteiger partial charge is 0.274 e. The Kier molecular flexibility index (Phi) is 6.73. The second kappa shape index (κ2) is 9.87. The maximum atomic E-state index is 13.2. The average molecular weight is 479 g/mol. The zero-order chi connectivity index (χ0) is 24.1. The summed E-state index contributed by atoms with van der Waals surface area (Å²) in [4.78, 5) is 27.9. The van der Waals surface area contributed by atoms with Crippen LogP contribution in [-0.2, 0) is 21.2 Å². The van der Waals surface area contributed by atoms with E-state index < -0.39 is 27.9 Å². The van der Waals surface area contributed by atoms with Crippen LogP contribution in [0.15, 0.2) is 90.0 Å². The number of rotatable bonds is 8. The molecule has 0 radical (unpaired) electrons. The number of anilines is 1. The first-order valence-corrected chi connectivity index (χ1v) is 11.8. The molecule has 4 aromatic rings. The molecule has 0 spiro atoms. The number of sulfonamides is 1. The Bertz CT molecular complexity index is 1420. The van der Waals surface area contributed by atoms with Gasteiger partial charge in [0.15, 0.2) is 0 Å². The second-order valence-electron chi connectivity index (χ2n) is 7.56. The standard InChI is InChI=1S/C24H22N4O5S/c29-23(27-31)16-10-12-18(13-11-16)26-24(30)22(28-34(32,33)19-6-2-1-3-7-19)14-17-15-25-21-9-5-4-8-20(17)21/h1-13,15,22,25,28,31H,14H2,(H,26,30)(H,27,29)/t22-/m0/s1. The molecule has 5 N–H and O–H groups in total. The first kappa shape index (κ1) is 23.2. The van der Waals surface area contributed by atoms with Crippen LogP contribution in [0.4, 0.5) is 5.69 Å². The molecule has 0 aliphatic carbocycles. The van der Waals surface area contributed by atoms with E-state index in [0.717, 1.165) is 16.5 Å². The maximum absolute atomic E-state index is 13.2. The second-order valence-corrected chi connectivity index (χ2v) is 9.27. The molecule has 1 atom stereocenters. The summed E-state index contributed by atoms with van der Waals surface area (Å²) in [5, 5.41) is 12.3. The van der Waals surface area contributed by atoms with E-state index in [0.29, 0.717) is 5.69 Å². The summed E-state index contributed by atoms with van der Waals surface area (Å²) >= 11 is 0. The summed E-state index contributed by atoms with van der Waals surface area (Å²) in [5.74, 6) is -1.25. The third-order valence-electron chi connectivity index (χ3n) is 5.28. The summed E-state index contributed by atoms with van der Waals surface area (Å²) in [6.07, 6.45) is 1.86. The Morgan fingerprint density at radius 2 is 1.59 bits per heavy atom. The van der Waals surface area contributed by atoms with Crippen LogP contribution in [0.1, 0.15) is 15.9 Å². The Morgan fingerprint density at radius 1 is 0.912 bits per heavy atom. The Labute approximate surface area is 195 Å². The molecule has 0 aliphatic heterocycles. The highest BCUT2D eigenvalue weighted by Crippen LogP contribution is 2.21. The number of H-pyrrole nitrogens is 1. The summed E-state index contributed by atoms with van der Waals surface area (Å²) in [6.45, 7) is 0. The number of hydrogen-bond donors (Lipinski definition) is 5. The molecule has 9 nitrogen and oxygen atoms in total. The molecule has 0 saturated heterocycles. The molecule has 0 saturated carbocycles. The van der Waals surface area contributed by atoms with Gasteiger partial charge in [-0.15, -0.1) is 0 Å². The SMILES string of the molecule is O=C(NO)c1ccc(NC(=O)[C@H](Cc2c[nH]c3ccccc23)NS(=O)(=O)c2ccccc2)cc1. The number of aromatic nitrogens is 1. The Hall–Kier alpha value is -3.99. The van der Waals surface area contributed by atoms with Gasteiger partial charge >= 0.3 is 0 Å². The third-order valence-corrected chi connectivity index (χ3v) is 6.77. The lowest BCUT2D eigenvalue weighted by Gasteiger charge is -2.19. The lowest BCUT2D eigenvalue weighted by Crippen LogP contribution is -2.45. The van der Waals surface area contributed by atoms with Gasteiger partial charge in [-0.25, -0.2) is 13.9 Å². The van der Waals surface area contributed by atoms with Crippen molar-refractivity contribution < 1.29 is 23.2 Å². The summed E-state index contributed by atoms with van der Waals surface area (Å²) in [6, 6.07) is 20.0. The van der Waals surface area contributed by atoms with E-state index in [9.17, 15) is 18.0 Å². The lowest BCUT2D eigenvalue weighted by atomic mass is 10.0. The van der Waals surface area contributed by atoms with Gasteiger partial charge in [-0.2, -0.15) is 4.72 Å². The number of amides is 2. The van der Waals surface area contributed by atoms with Gasteiger partial charge in [-0.05, 0) is 54.4 Å². The van der Waals surface area contributed by atoms with Crippen molar-refractivity contribution in [2.45, 2.75) is 17.4 Å². The van der Waals surface area contributed by atoms with Crippen LogP contribution in [0.3, 0.4) is 0 Å². The van der Waals surface area contributed by atoms with Crippen molar-refractivity contribution in [2.24, 2.45) is 0 Å². The van der Waals surface area contributed by atoms with E-state index >= 15 is 0 Å². The minimum atomic E-state index is -3.98. The molecule has 34 heavy (non-hydrogen) atoms. The monoisotopic (exact) mass is 478 g/mol. The van der Waals surface area contributed by atoms with Crippen molar-refractivity contribution >= 4 is 38.4 Å². The summed E-state index contributed by atoms with van der Waals surface area (Å²) in [7, 11) is -3.98. The first-order chi connectivity index (χ1) is 16.4. The molecule has 3 aromatic carbocycles. The predicted octanol–water partition coefficient (Wildman–Crippen LogP) is 2.82. The first-order valence-electron chi connectivity index (χ1n) is 10.3. The fourth-order valence-corrected chi connectivity index (χ4v) is 4.78. The largest absolute Gasteiger partial charge is 0.361 e. The van der Waals surface area contributed by atoms with Crippen LogP contribution in [0, 0.1) is 0 Å². The normalized spacial score (nSPS) is 12.3. The fraction of sp³-hybridized carbons (Fsp3) is 0.0833. The van der Waals surface area contributed by atoms with E-state index in [1.807, 2.05) is 24.3 Å². The Balaban J connectivity index is 1.61. The lowest BCUT2D eigenvalue weighted by molar-refractivity contribution is -0.117. The van der Waals surface area contributed by atoms with Crippen LogP contribution in [0.2, 0.25) is 0 Å². The van der Waals surface area contributed by atoms with Crippen molar-refractivity contribution in [2.75, 3.05) is 5.32 Å². The average Bonchev–Trinajstić information content (AvgIpc) is 3.27. The number of aromatic amines is 1. The van der Waals surface area contributed by atoms with Crippen molar-refractivity contribution in [3.8, 4) is 0 Å². The fourth-order valence-electron chi connectivity index (χ4n) is 3.56. The number of para-hydroxylation sites is 1. The van der Waals surface area contributed by atoms with Gasteiger partial charge < -0.3 is 10.3 Å². The Morgan fingerprint density at radius 3 is 2.29 bits per heavy atom. The topological polar surface area (TPSA) is 140 Å². The number of fused-ring (bicyclic) bond motifs is 1. The molecule has 1 aromatic heterocycles. The number of hydroxylamine groups is 1. The van der Waals surface area contributed by atoms with Crippen LogP contribution in [-0.4, -0.2) is 36.5 Å². The number of nitrogens with one attached hydrogen (secondary N) is 4. The predicted molar refractivity (Wildman–Crippen MR) is 127 cm³/mol. The molecule has 174 valence electrons. The molecule has 10 heteroatoms. The summed E-state index contributed by atoms with van der Waals surface area (Å²) < 4.78 is 28.5. The molecule has 0 bridgehead atoms. The molecular weight excluding hydrogens is 456 g/mol. The van der Waals surface area contributed by atoms with Gasteiger partial charge in [0.2, 0.25) is 15.9 Å². The van der Waals surface area contributed by atoms with Gasteiger partial charge in [0.05, 0.1) is 4.90 Å². The van der Waals surface area contributed by atoms with Gasteiger partial charge in [0.25, 0.3) is 5.91 Å². The number of hydrogen-bond acceptors (Lipinski definition) is 5. The van der Waals surface area contributed by atoms with E-state index in [1.165, 1.54) is 41.9 Å². The van der Waals surface area contributed by atoms with Crippen molar-refractivity contribution in [1.29, 1.82) is 0 Å². The highest BCUT2D eigenvalue weighted by molar-refractivity contribution is 7.89. The van der Waals surface area contributed by atoms with E-state index in [-0.39, 0.29) is 16.9 Å². The van der Waals surface area contributed by atoms with E-state index in [4.69, 9.17) is 5.21 Å². The minimum absolute atomic E-state index is 0.0473. The van der Waals surface area contributed by atoms with Crippen LogP contribution in [0.5, 0.6) is 0 Å². The maximum Gasteiger partial charge on any atom is 0.274 e. The van der Waals surface area contributed by atoms with E-state index in [1.54, 1.807) is 24.4 Å². The van der Waals surface area contributed by atoms with Crippen molar-refractivity contribution in [3.63, 3.8) is 0 Å². The quantitative estimate of drug-likeness (QED) is 0.196. The minimum Gasteiger partial charge on any atom is -0.361 e. The third kappa shape index (κ3) is 5.15. The molecular formula is C24H22N4O5S. The van der Waals surface area contributed by atoms with Gasteiger partial charge in [-0.1, -0.05) is 36.4 Å². The number of carbonyl (C=O) groups is 2. The molecule has 0 unspecified atom stereocenters. The van der Waals surface area contributed by atoms with Crippen LogP contribution < -0.4 is 15.5 Å². The number of carbonyl (C=O) groups excluding carboxylic acids is 2. The number of benzene rings is 3. The van der Waals surface area contributed by atoms with Crippen LogP contribution in [0.25, 0.3) is 10.9 Å².